The number of rotatable bonds is 7. The van der Waals surface area contributed by atoms with Crippen molar-refractivity contribution in [3.63, 3.8) is 0 Å². The summed E-state index contributed by atoms with van der Waals surface area (Å²) in [5, 5.41) is 19.5. The Labute approximate surface area is 194 Å². The van der Waals surface area contributed by atoms with Crippen LogP contribution in [0.25, 0.3) is 10.9 Å². The monoisotopic (exact) mass is 491 g/mol. The number of halogens is 1. The van der Waals surface area contributed by atoms with Crippen molar-refractivity contribution in [1.82, 2.24) is 4.57 Å². The van der Waals surface area contributed by atoms with E-state index in [9.17, 15) is 9.90 Å². The lowest BCUT2D eigenvalue weighted by Gasteiger charge is -2.07. The Bertz CT molecular complexity index is 1280. The number of nitrogens with zero attached hydrogens (tertiary/aromatic N) is 3. The highest BCUT2D eigenvalue weighted by Crippen LogP contribution is 2.40. The molecule has 0 radical (unpaired) electrons. The minimum absolute atomic E-state index is 0.0230. The Hall–Kier alpha value is -3.45. The van der Waals surface area contributed by atoms with Crippen LogP contribution in [0.4, 0.5) is 5.69 Å². The topological polar surface area (TPSA) is 76.2 Å². The first kappa shape index (κ1) is 21.8. The molecular weight excluding hydrogens is 470 g/mol. The molecule has 32 heavy (non-hydrogen) atoms. The first-order chi connectivity index (χ1) is 15.5. The zero-order chi connectivity index (χ0) is 22.5. The van der Waals surface area contributed by atoms with Crippen LogP contribution >= 0.6 is 15.9 Å². The van der Waals surface area contributed by atoms with Crippen LogP contribution in [0.5, 0.6) is 11.6 Å². The number of aryl methyl sites for hydroxylation is 3. The maximum atomic E-state index is 12.2. The van der Waals surface area contributed by atoms with E-state index >= 15 is 0 Å². The second-order valence-corrected chi connectivity index (χ2v) is 8.34. The molecule has 0 spiro atoms. The fourth-order valence-electron chi connectivity index (χ4n) is 3.49. The molecule has 1 aromatic heterocycles. The molecule has 0 saturated carbocycles. The molecule has 0 fully saturated rings. The van der Waals surface area contributed by atoms with E-state index in [1.54, 1.807) is 10.6 Å². The van der Waals surface area contributed by atoms with E-state index in [4.69, 9.17) is 4.74 Å². The predicted molar refractivity (Wildman–Crippen MR) is 128 cm³/mol. The summed E-state index contributed by atoms with van der Waals surface area (Å²) in [5.74, 6) is 0.0362. The van der Waals surface area contributed by atoms with Gasteiger partial charge < -0.3 is 14.4 Å². The minimum atomic E-state index is -0.536. The molecule has 7 heteroatoms. The minimum Gasteiger partial charge on any atom is -0.493 e. The Morgan fingerprint density at radius 1 is 1.06 bits per heavy atom. The van der Waals surface area contributed by atoms with Crippen LogP contribution in [-0.4, -0.2) is 22.2 Å². The van der Waals surface area contributed by atoms with Gasteiger partial charge in [0.25, 0.3) is 0 Å². The van der Waals surface area contributed by atoms with Crippen molar-refractivity contribution in [3.05, 3.63) is 88.4 Å². The highest BCUT2D eigenvalue weighted by atomic mass is 79.9. The number of benzene rings is 3. The average Bonchev–Trinajstić information content (AvgIpc) is 3.05. The van der Waals surface area contributed by atoms with Gasteiger partial charge in [0.2, 0.25) is 5.88 Å². The fraction of sp³-hybridized carbons (Fsp3) is 0.160. The fourth-order valence-corrected chi connectivity index (χ4v) is 3.85. The zero-order valence-electron chi connectivity index (χ0n) is 17.5. The summed E-state index contributed by atoms with van der Waals surface area (Å²) in [7, 11) is 0. The van der Waals surface area contributed by atoms with Gasteiger partial charge in [0.05, 0.1) is 5.52 Å². The van der Waals surface area contributed by atoms with Crippen LogP contribution in [-0.2, 0) is 17.8 Å². The third-order valence-corrected chi connectivity index (χ3v) is 5.55. The van der Waals surface area contributed by atoms with E-state index in [0.717, 1.165) is 27.5 Å². The summed E-state index contributed by atoms with van der Waals surface area (Å²) < 4.78 is 8.12. The highest BCUT2D eigenvalue weighted by molar-refractivity contribution is 9.10. The van der Waals surface area contributed by atoms with E-state index in [2.05, 4.69) is 26.2 Å². The number of aromatic nitrogens is 1. The number of aromatic hydroxyl groups is 1. The molecule has 1 heterocycles. The van der Waals surface area contributed by atoms with Crippen LogP contribution in [0.2, 0.25) is 0 Å². The first-order valence-electron chi connectivity index (χ1n) is 10.2. The van der Waals surface area contributed by atoms with Crippen molar-refractivity contribution in [2.24, 2.45) is 10.2 Å². The normalized spacial score (nSPS) is 11.3. The van der Waals surface area contributed by atoms with Crippen LogP contribution in [0.15, 0.2) is 87.5 Å². The van der Waals surface area contributed by atoms with Crippen LogP contribution in [0.3, 0.4) is 0 Å². The van der Waals surface area contributed by atoms with Gasteiger partial charge in [-0.3, -0.25) is 4.79 Å². The second kappa shape index (κ2) is 9.78. The van der Waals surface area contributed by atoms with Gasteiger partial charge in [0.1, 0.15) is 5.75 Å². The van der Waals surface area contributed by atoms with Crippen molar-refractivity contribution < 1.29 is 14.6 Å². The lowest BCUT2D eigenvalue weighted by atomic mass is 10.1. The number of amides is 1. The Morgan fingerprint density at radius 3 is 2.66 bits per heavy atom. The quantitative estimate of drug-likeness (QED) is 0.306. The number of carbonyl (C=O) groups is 1. The lowest BCUT2D eigenvalue weighted by molar-refractivity contribution is -0.120. The molecule has 0 bridgehead atoms. The molecule has 6 nitrogen and oxygen atoms in total. The number of hydrogen-bond donors (Lipinski definition) is 1. The number of fused-ring (bicyclic) bond motifs is 1. The molecule has 4 rings (SSSR count). The molecule has 1 N–H and O–H groups in total. The zero-order valence-corrected chi connectivity index (χ0v) is 19.1. The number of carbonyl (C=O) groups excluding carboxylic acids is 1. The van der Waals surface area contributed by atoms with E-state index < -0.39 is 5.91 Å². The smallest absolute Gasteiger partial charge is 0.302 e. The Balaban J connectivity index is 1.55. The summed E-state index contributed by atoms with van der Waals surface area (Å²) in [6.07, 6.45) is 0.744. The van der Waals surface area contributed by atoms with Crippen LogP contribution < -0.4 is 4.74 Å². The van der Waals surface area contributed by atoms with Gasteiger partial charge in [-0.05, 0) is 54.8 Å². The van der Waals surface area contributed by atoms with Crippen molar-refractivity contribution in [2.45, 2.75) is 19.9 Å². The molecule has 0 aliphatic heterocycles. The summed E-state index contributed by atoms with van der Waals surface area (Å²) in [6, 6.07) is 23.1. The molecule has 3 aromatic carbocycles. The molecule has 0 unspecified atom stereocenters. The molecule has 0 aliphatic rings. The van der Waals surface area contributed by atoms with Crippen molar-refractivity contribution in [1.29, 1.82) is 0 Å². The number of ether oxygens (including phenoxy) is 1. The third kappa shape index (κ3) is 5.06. The second-order valence-electron chi connectivity index (χ2n) is 7.42. The first-order valence-corrected chi connectivity index (χ1v) is 11.0. The van der Waals surface area contributed by atoms with E-state index in [-0.39, 0.29) is 18.2 Å². The molecule has 1 amide bonds. The number of azo groups is 1. The molecule has 0 atom stereocenters. The maximum absolute atomic E-state index is 12.2. The van der Waals surface area contributed by atoms with Gasteiger partial charge in [-0.1, -0.05) is 58.4 Å². The number of hydrogen-bond acceptors (Lipinski definition) is 4. The molecular formula is C25H22BrN3O3. The highest BCUT2D eigenvalue weighted by Gasteiger charge is 2.17. The van der Waals surface area contributed by atoms with Crippen LogP contribution in [0, 0.1) is 6.92 Å². The van der Waals surface area contributed by atoms with Gasteiger partial charge in [-0.15, -0.1) is 10.2 Å². The Kier molecular flexibility index (Phi) is 6.66. The maximum Gasteiger partial charge on any atom is 0.302 e. The predicted octanol–water partition coefficient (Wildman–Crippen LogP) is 6.35. The standard InChI is InChI=1S/C25H22BrN3O3/c1-17-6-5-9-20(14-17)32-16-23(30)27-28-24-21-15-19(26)10-11-22(21)29(25(24)31)13-12-18-7-3-2-4-8-18/h2-11,14-15,31H,12-13,16H2,1H3. The molecule has 4 aromatic rings. The van der Waals surface area contributed by atoms with Gasteiger partial charge in [0.15, 0.2) is 12.3 Å². The summed E-state index contributed by atoms with van der Waals surface area (Å²) >= 11 is 3.46. The van der Waals surface area contributed by atoms with E-state index in [0.29, 0.717) is 17.7 Å². The molecule has 0 saturated heterocycles. The average molecular weight is 492 g/mol. The molecule has 0 aliphatic carbocycles. The van der Waals surface area contributed by atoms with Crippen molar-refractivity contribution >= 4 is 38.4 Å². The van der Waals surface area contributed by atoms with Crippen molar-refractivity contribution in [2.75, 3.05) is 6.61 Å². The Morgan fingerprint density at radius 2 is 1.88 bits per heavy atom. The van der Waals surface area contributed by atoms with Crippen LogP contribution in [0.1, 0.15) is 11.1 Å². The molecule has 162 valence electrons. The van der Waals surface area contributed by atoms with E-state index in [1.807, 2.05) is 73.7 Å². The van der Waals surface area contributed by atoms with Crippen molar-refractivity contribution in [3.8, 4) is 11.6 Å². The summed E-state index contributed by atoms with van der Waals surface area (Å²) in [6.45, 7) is 2.28. The summed E-state index contributed by atoms with van der Waals surface area (Å²) in [5.41, 5.74) is 3.28. The van der Waals surface area contributed by atoms with Gasteiger partial charge in [-0.25, -0.2) is 0 Å². The summed E-state index contributed by atoms with van der Waals surface area (Å²) in [4.78, 5) is 12.2. The van der Waals surface area contributed by atoms with Gasteiger partial charge in [0, 0.05) is 16.4 Å². The SMILES string of the molecule is Cc1cccc(OCC(=O)N=Nc2c(O)n(CCc3ccccc3)c3ccc(Br)cc23)c1. The largest absolute Gasteiger partial charge is 0.493 e. The lowest BCUT2D eigenvalue weighted by Crippen LogP contribution is -2.07. The third-order valence-electron chi connectivity index (χ3n) is 5.05. The van der Waals surface area contributed by atoms with Gasteiger partial charge in [-0.2, -0.15) is 0 Å². The van der Waals surface area contributed by atoms with Gasteiger partial charge >= 0.3 is 5.91 Å². The van der Waals surface area contributed by atoms with E-state index in [1.165, 1.54) is 0 Å².